The van der Waals surface area contributed by atoms with Crippen molar-refractivity contribution < 1.29 is 9.59 Å². The SMILES string of the molecule is CCCN(CC(=O)N1CCc2sccc2C1c1ccc(Cl)cc1)C(=O)C1CC1c1ccccc1. The van der Waals surface area contributed by atoms with E-state index < -0.39 is 0 Å². The molecule has 5 rings (SSSR count). The highest BCUT2D eigenvalue weighted by atomic mass is 35.5. The first-order valence-corrected chi connectivity index (χ1v) is 13.3. The summed E-state index contributed by atoms with van der Waals surface area (Å²) >= 11 is 7.89. The minimum Gasteiger partial charge on any atom is -0.333 e. The van der Waals surface area contributed by atoms with Crippen LogP contribution in [0.5, 0.6) is 0 Å². The Labute approximate surface area is 210 Å². The standard InChI is InChI=1S/C28H29ClN2O2S/c1-2-14-30(28(33)24-17-23(24)19-6-4-3-5-7-19)18-26(32)31-15-12-25-22(13-16-34-25)27(31)20-8-10-21(29)11-9-20/h3-11,13,16,23-24,27H,2,12,14-15,17-18H2,1H3. The van der Waals surface area contributed by atoms with E-state index in [2.05, 4.69) is 30.5 Å². The van der Waals surface area contributed by atoms with Crippen molar-refractivity contribution in [2.75, 3.05) is 19.6 Å². The van der Waals surface area contributed by atoms with Gasteiger partial charge in [0.1, 0.15) is 0 Å². The van der Waals surface area contributed by atoms with Crippen molar-refractivity contribution in [3.8, 4) is 0 Å². The van der Waals surface area contributed by atoms with E-state index >= 15 is 0 Å². The Morgan fingerprint density at radius 3 is 2.56 bits per heavy atom. The fourth-order valence-electron chi connectivity index (χ4n) is 5.15. The van der Waals surface area contributed by atoms with Crippen LogP contribution in [0.1, 0.15) is 53.3 Å². The van der Waals surface area contributed by atoms with Gasteiger partial charge in [0, 0.05) is 28.9 Å². The first-order valence-electron chi connectivity index (χ1n) is 12.0. The fraction of sp³-hybridized carbons (Fsp3) is 0.357. The van der Waals surface area contributed by atoms with Crippen molar-refractivity contribution in [2.45, 2.75) is 38.1 Å². The molecule has 2 aromatic carbocycles. The fourth-order valence-corrected chi connectivity index (χ4v) is 6.18. The number of amides is 2. The zero-order valence-electron chi connectivity index (χ0n) is 19.3. The molecule has 0 saturated heterocycles. The van der Waals surface area contributed by atoms with Gasteiger partial charge in [-0.15, -0.1) is 11.3 Å². The van der Waals surface area contributed by atoms with E-state index in [4.69, 9.17) is 11.6 Å². The number of carbonyl (C=O) groups excluding carboxylic acids is 2. The molecule has 1 aromatic heterocycles. The number of benzene rings is 2. The molecule has 2 heterocycles. The zero-order chi connectivity index (χ0) is 23.7. The maximum atomic E-state index is 13.7. The van der Waals surface area contributed by atoms with E-state index in [9.17, 15) is 9.59 Å². The van der Waals surface area contributed by atoms with Crippen molar-refractivity contribution >= 4 is 34.8 Å². The summed E-state index contributed by atoms with van der Waals surface area (Å²) in [5.41, 5.74) is 3.45. The number of thiophene rings is 1. The summed E-state index contributed by atoms with van der Waals surface area (Å²) < 4.78 is 0. The molecule has 0 bridgehead atoms. The van der Waals surface area contributed by atoms with Crippen LogP contribution >= 0.6 is 22.9 Å². The lowest BCUT2D eigenvalue weighted by Crippen LogP contribution is -2.47. The van der Waals surface area contributed by atoms with Crippen molar-refractivity contribution in [3.05, 3.63) is 92.6 Å². The van der Waals surface area contributed by atoms with Crippen molar-refractivity contribution in [3.63, 3.8) is 0 Å². The summed E-state index contributed by atoms with van der Waals surface area (Å²) in [4.78, 5) is 32.1. The average molecular weight is 493 g/mol. The molecule has 2 aliphatic rings. The third kappa shape index (κ3) is 4.64. The second-order valence-electron chi connectivity index (χ2n) is 9.21. The molecule has 3 aromatic rings. The molecule has 1 saturated carbocycles. The number of halogens is 1. The van der Waals surface area contributed by atoms with Gasteiger partial charge in [0.2, 0.25) is 11.8 Å². The van der Waals surface area contributed by atoms with Crippen LogP contribution in [-0.2, 0) is 16.0 Å². The van der Waals surface area contributed by atoms with Crippen molar-refractivity contribution in [1.82, 2.24) is 9.80 Å². The first-order chi connectivity index (χ1) is 16.6. The highest BCUT2D eigenvalue weighted by molar-refractivity contribution is 7.10. The number of nitrogens with zero attached hydrogens (tertiary/aromatic N) is 2. The molecular formula is C28H29ClN2O2S. The summed E-state index contributed by atoms with van der Waals surface area (Å²) in [7, 11) is 0. The highest BCUT2D eigenvalue weighted by Crippen LogP contribution is 2.48. The van der Waals surface area contributed by atoms with Gasteiger partial charge in [0.15, 0.2) is 0 Å². The quantitative estimate of drug-likeness (QED) is 0.411. The van der Waals surface area contributed by atoms with Crippen LogP contribution in [0, 0.1) is 5.92 Å². The van der Waals surface area contributed by atoms with E-state index in [0.717, 1.165) is 24.8 Å². The maximum absolute atomic E-state index is 13.7. The Kier molecular flexibility index (Phi) is 6.75. The second-order valence-corrected chi connectivity index (χ2v) is 10.6. The lowest BCUT2D eigenvalue weighted by molar-refractivity contribution is -0.142. The Balaban J connectivity index is 1.34. The summed E-state index contributed by atoms with van der Waals surface area (Å²) in [6, 6.07) is 20.0. The second kappa shape index (κ2) is 9.93. The molecule has 0 radical (unpaired) electrons. The molecule has 1 aliphatic heterocycles. The molecule has 176 valence electrons. The van der Waals surface area contributed by atoms with Crippen LogP contribution in [0.3, 0.4) is 0 Å². The minimum atomic E-state index is -0.142. The summed E-state index contributed by atoms with van der Waals surface area (Å²) in [6.45, 7) is 3.45. The van der Waals surface area contributed by atoms with Gasteiger partial charge in [-0.2, -0.15) is 0 Å². The Hall–Kier alpha value is -2.63. The number of rotatable bonds is 7. The molecule has 3 atom stereocenters. The van der Waals surface area contributed by atoms with E-state index in [0.29, 0.717) is 18.1 Å². The van der Waals surface area contributed by atoms with E-state index in [-0.39, 0.29) is 36.2 Å². The average Bonchev–Trinajstić information content (AvgIpc) is 3.52. The molecule has 0 spiro atoms. The van der Waals surface area contributed by atoms with Crippen LogP contribution in [0.25, 0.3) is 0 Å². The van der Waals surface area contributed by atoms with Crippen LogP contribution in [0.4, 0.5) is 0 Å². The summed E-state index contributed by atoms with van der Waals surface area (Å²) in [5.74, 6) is 0.378. The van der Waals surface area contributed by atoms with Crippen molar-refractivity contribution in [2.24, 2.45) is 5.92 Å². The molecule has 2 amide bonds. The monoisotopic (exact) mass is 492 g/mol. The van der Waals surface area contributed by atoms with Gasteiger partial charge in [-0.1, -0.05) is 61.0 Å². The highest BCUT2D eigenvalue weighted by Gasteiger charge is 2.46. The topological polar surface area (TPSA) is 40.6 Å². The van der Waals surface area contributed by atoms with Gasteiger partial charge in [-0.05, 0) is 65.4 Å². The lowest BCUT2D eigenvalue weighted by atomic mass is 9.93. The molecule has 3 unspecified atom stereocenters. The smallest absolute Gasteiger partial charge is 0.242 e. The van der Waals surface area contributed by atoms with Crippen LogP contribution in [-0.4, -0.2) is 41.2 Å². The predicted molar refractivity (Wildman–Crippen MR) is 137 cm³/mol. The van der Waals surface area contributed by atoms with E-state index in [1.165, 1.54) is 16.0 Å². The predicted octanol–water partition coefficient (Wildman–Crippen LogP) is 5.92. The van der Waals surface area contributed by atoms with Gasteiger partial charge in [0.05, 0.1) is 12.6 Å². The molecular weight excluding hydrogens is 464 g/mol. The third-order valence-electron chi connectivity index (χ3n) is 6.94. The van der Waals surface area contributed by atoms with Gasteiger partial charge in [-0.3, -0.25) is 9.59 Å². The molecule has 0 N–H and O–H groups in total. The summed E-state index contributed by atoms with van der Waals surface area (Å²) in [5, 5.41) is 2.78. The maximum Gasteiger partial charge on any atom is 0.242 e. The largest absolute Gasteiger partial charge is 0.333 e. The Bertz CT molecular complexity index is 1160. The zero-order valence-corrected chi connectivity index (χ0v) is 20.9. The molecule has 6 heteroatoms. The van der Waals surface area contributed by atoms with Gasteiger partial charge < -0.3 is 9.80 Å². The van der Waals surface area contributed by atoms with E-state index in [1.54, 1.807) is 16.2 Å². The number of carbonyl (C=O) groups is 2. The van der Waals surface area contributed by atoms with Gasteiger partial charge in [-0.25, -0.2) is 0 Å². The first kappa shape index (κ1) is 23.1. The van der Waals surface area contributed by atoms with Gasteiger partial charge >= 0.3 is 0 Å². The van der Waals surface area contributed by atoms with E-state index in [1.807, 2.05) is 47.4 Å². The molecule has 1 fully saturated rings. The lowest BCUT2D eigenvalue weighted by Gasteiger charge is -2.37. The van der Waals surface area contributed by atoms with Crippen LogP contribution < -0.4 is 0 Å². The number of hydrogen-bond donors (Lipinski definition) is 0. The van der Waals surface area contributed by atoms with Gasteiger partial charge in [0.25, 0.3) is 0 Å². The Morgan fingerprint density at radius 2 is 1.82 bits per heavy atom. The molecule has 1 aliphatic carbocycles. The molecule has 34 heavy (non-hydrogen) atoms. The normalized spacial score (nSPS) is 21.1. The molecule has 4 nitrogen and oxygen atoms in total. The van der Waals surface area contributed by atoms with Crippen LogP contribution in [0.15, 0.2) is 66.0 Å². The van der Waals surface area contributed by atoms with Crippen molar-refractivity contribution in [1.29, 1.82) is 0 Å². The number of fused-ring (bicyclic) bond motifs is 1. The van der Waals surface area contributed by atoms with Crippen LogP contribution in [0.2, 0.25) is 5.02 Å². The Morgan fingerprint density at radius 1 is 1.06 bits per heavy atom. The third-order valence-corrected chi connectivity index (χ3v) is 8.19. The summed E-state index contributed by atoms with van der Waals surface area (Å²) in [6.07, 6.45) is 2.55. The minimum absolute atomic E-state index is 0.00973. The number of hydrogen-bond acceptors (Lipinski definition) is 3.